The maximum absolute atomic E-state index is 11.2. The fourth-order valence-corrected chi connectivity index (χ4v) is 4.18. The Bertz CT molecular complexity index is 1220. The highest BCUT2D eigenvalue weighted by molar-refractivity contribution is 5.83. The smallest absolute Gasteiger partial charge is 0.240 e. The molecular formula is C26H23N5O. The fraction of sp³-hybridized carbons (Fsp3) is 0.154. The summed E-state index contributed by atoms with van der Waals surface area (Å²) in [5, 5.41) is 7.62. The van der Waals surface area contributed by atoms with Crippen molar-refractivity contribution in [2.24, 2.45) is 4.99 Å². The van der Waals surface area contributed by atoms with Crippen LogP contribution >= 0.6 is 0 Å². The molecule has 0 atom stereocenters. The van der Waals surface area contributed by atoms with Crippen LogP contribution in [0.3, 0.4) is 0 Å². The van der Waals surface area contributed by atoms with E-state index in [4.69, 9.17) is 0 Å². The number of aliphatic imine (C=N–C) groups is 1. The van der Waals surface area contributed by atoms with E-state index < -0.39 is 0 Å². The molecule has 6 heteroatoms. The van der Waals surface area contributed by atoms with Crippen molar-refractivity contribution < 1.29 is 4.79 Å². The van der Waals surface area contributed by atoms with Gasteiger partial charge in [0.25, 0.3) is 0 Å². The predicted octanol–water partition coefficient (Wildman–Crippen LogP) is 5.04. The van der Waals surface area contributed by atoms with Crippen LogP contribution < -0.4 is 9.80 Å². The molecule has 1 aliphatic heterocycles. The number of anilines is 2. The monoisotopic (exact) mass is 421 g/mol. The first kappa shape index (κ1) is 19.8. The van der Waals surface area contributed by atoms with Crippen LogP contribution in [-0.4, -0.2) is 42.5 Å². The summed E-state index contributed by atoms with van der Waals surface area (Å²) in [7, 11) is 0. The second-order valence-corrected chi connectivity index (χ2v) is 7.73. The first-order chi connectivity index (χ1) is 15.8. The third-order valence-corrected chi connectivity index (χ3v) is 5.86. The van der Waals surface area contributed by atoms with E-state index in [0.29, 0.717) is 11.5 Å². The quantitative estimate of drug-likeness (QED) is 0.362. The first-order valence-corrected chi connectivity index (χ1v) is 10.7. The van der Waals surface area contributed by atoms with Gasteiger partial charge in [0.1, 0.15) is 5.69 Å². The molecule has 0 spiro atoms. The minimum Gasteiger partial charge on any atom is -0.368 e. The van der Waals surface area contributed by atoms with Crippen molar-refractivity contribution in [3.8, 4) is 22.4 Å². The highest BCUT2D eigenvalue weighted by Gasteiger charge is 2.24. The maximum atomic E-state index is 11.2. The van der Waals surface area contributed by atoms with Crippen LogP contribution in [0.1, 0.15) is 0 Å². The number of hydrogen-bond donors (Lipinski definition) is 1. The molecule has 0 saturated carbocycles. The molecule has 6 nitrogen and oxygen atoms in total. The van der Waals surface area contributed by atoms with Gasteiger partial charge < -0.3 is 9.80 Å². The second-order valence-electron chi connectivity index (χ2n) is 7.73. The number of rotatable bonds is 5. The minimum absolute atomic E-state index is 0.542. The first-order valence-electron chi connectivity index (χ1n) is 10.7. The third-order valence-electron chi connectivity index (χ3n) is 5.86. The van der Waals surface area contributed by atoms with Crippen molar-refractivity contribution in [3.63, 3.8) is 0 Å². The molecule has 32 heavy (non-hydrogen) atoms. The Labute approximate surface area is 186 Å². The summed E-state index contributed by atoms with van der Waals surface area (Å²) in [5.41, 5.74) is 5.72. The summed E-state index contributed by atoms with van der Waals surface area (Å²) in [6.07, 6.45) is 1.71. The Morgan fingerprint density at radius 1 is 0.719 bits per heavy atom. The van der Waals surface area contributed by atoms with Gasteiger partial charge in [-0.2, -0.15) is 10.1 Å². The summed E-state index contributed by atoms with van der Waals surface area (Å²) >= 11 is 0. The second kappa shape index (κ2) is 8.92. The molecule has 1 saturated heterocycles. The Morgan fingerprint density at radius 2 is 1.28 bits per heavy atom. The highest BCUT2D eigenvalue weighted by atomic mass is 16.1. The molecule has 0 aliphatic carbocycles. The lowest BCUT2D eigenvalue weighted by Gasteiger charge is -2.36. The number of para-hydroxylation sites is 1. The van der Waals surface area contributed by atoms with Crippen molar-refractivity contribution in [1.82, 2.24) is 10.2 Å². The largest absolute Gasteiger partial charge is 0.368 e. The van der Waals surface area contributed by atoms with Crippen molar-refractivity contribution in [3.05, 3.63) is 84.9 Å². The van der Waals surface area contributed by atoms with Crippen molar-refractivity contribution in [2.45, 2.75) is 0 Å². The van der Waals surface area contributed by atoms with Crippen molar-refractivity contribution in [2.75, 3.05) is 36.0 Å². The lowest BCUT2D eigenvalue weighted by molar-refractivity contribution is 0.565. The van der Waals surface area contributed by atoms with E-state index in [9.17, 15) is 4.79 Å². The van der Waals surface area contributed by atoms with Crippen molar-refractivity contribution in [1.29, 1.82) is 0 Å². The van der Waals surface area contributed by atoms with Gasteiger partial charge in [-0.25, -0.2) is 4.79 Å². The standard InChI is InChI=1S/C26H23N5O/c32-19-27-25-24(22-13-11-21(12-14-22)20-7-3-1-4-8-20)28-29-26(25)31-17-15-30(16-18-31)23-9-5-2-6-10-23/h1-14H,15-18H2,(H,28,29). The molecule has 1 aromatic heterocycles. The zero-order chi connectivity index (χ0) is 21.8. The van der Waals surface area contributed by atoms with Crippen LogP contribution in [0.25, 0.3) is 22.4 Å². The molecule has 3 aromatic carbocycles. The molecule has 0 amide bonds. The van der Waals surface area contributed by atoms with Gasteiger partial charge in [0.15, 0.2) is 5.82 Å². The minimum atomic E-state index is 0.542. The lowest BCUT2D eigenvalue weighted by atomic mass is 10.0. The normalized spacial score (nSPS) is 13.6. The predicted molar refractivity (Wildman–Crippen MR) is 128 cm³/mol. The molecule has 0 bridgehead atoms. The third kappa shape index (κ3) is 3.92. The molecular weight excluding hydrogens is 398 g/mol. The van der Waals surface area contributed by atoms with Crippen LogP contribution in [0, 0.1) is 0 Å². The van der Waals surface area contributed by atoms with E-state index in [1.54, 1.807) is 6.08 Å². The number of piperazine rings is 1. The number of nitrogens with zero attached hydrogens (tertiary/aromatic N) is 4. The van der Waals surface area contributed by atoms with Gasteiger partial charge in [-0.15, -0.1) is 0 Å². The number of carbonyl (C=O) groups excluding carboxylic acids is 1. The van der Waals surface area contributed by atoms with Gasteiger partial charge in [0.2, 0.25) is 6.08 Å². The Morgan fingerprint density at radius 3 is 1.94 bits per heavy atom. The molecule has 4 aromatic rings. The van der Waals surface area contributed by atoms with Gasteiger partial charge >= 0.3 is 0 Å². The van der Waals surface area contributed by atoms with Crippen LogP contribution in [-0.2, 0) is 4.79 Å². The topological polar surface area (TPSA) is 64.6 Å². The number of aromatic nitrogens is 2. The SMILES string of the molecule is O=C=Nc1c(N2CCN(c3ccccc3)CC2)n[nH]c1-c1ccc(-c2ccccc2)cc1. The molecule has 0 radical (unpaired) electrons. The summed E-state index contributed by atoms with van der Waals surface area (Å²) < 4.78 is 0. The summed E-state index contributed by atoms with van der Waals surface area (Å²) in [5.74, 6) is 0.697. The summed E-state index contributed by atoms with van der Waals surface area (Å²) in [6.45, 7) is 3.35. The maximum Gasteiger partial charge on any atom is 0.240 e. The van der Waals surface area contributed by atoms with E-state index in [1.807, 2.05) is 36.4 Å². The number of isocyanates is 1. The number of hydrogen-bond acceptors (Lipinski definition) is 5. The molecule has 5 rings (SSSR count). The molecule has 0 unspecified atom stereocenters. The van der Waals surface area contributed by atoms with E-state index in [-0.39, 0.29) is 0 Å². The van der Waals surface area contributed by atoms with Gasteiger partial charge in [-0.05, 0) is 23.3 Å². The van der Waals surface area contributed by atoms with E-state index >= 15 is 0 Å². The van der Waals surface area contributed by atoms with Crippen LogP contribution in [0.5, 0.6) is 0 Å². The van der Waals surface area contributed by atoms with Crippen molar-refractivity contribution >= 4 is 23.3 Å². The Hall–Kier alpha value is -4.15. The number of nitrogens with one attached hydrogen (secondary N) is 1. The molecule has 1 N–H and O–H groups in total. The zero-order valence-electron chi connectivity index (χ0n) is 17.6. The Kier molecular flexibility index (Phi) is 5.52. The average molecular weight is 422 g/mol. The lowest BCUT2D eigenvalue weighted by Crippen LogP contribution is -2.46. The number of benzene rings is 3. The van der Waals surface area contributed by atoms with E-state index in [0.717, 1.165) is 48.6 Å². The summed E-state index contributed by atoms with van der Waals surface area (Å²) in [4.78, 5) is 19.8. The average Bonchev–Trinajstić information content (AvgIpc) is 3.29. The van der Waals surface area contributed by atoms with Gasteiger partial charge in [0.05, 0.1) is 5.69 Å². The molecule has 2 heterocycles. The highest BCUT2D eigenvalue weighted by Crippen LogP contribution is 2.37. The molecule has 1 aliphatic rings. The Balaban J connectivity index is 1.38. The fourth-order valence-electron chi connectivity index (χ4n) is 4.18. The molecule has 1 fully saturated rings. The van der Waals surface area contributed by atoms with Crippen LogP contribution in [0.15, 0.2) is 89.9 Å². The summed E-state index contributed by atoms with van der Waals surface area (Å²) in [6, 6.07) is 28.8. The van der Waals surface area contributed by atoms with Gasteiger partial charge in [-0.1, -0.05) is 72.8 Å². The molecule has 158 valence electrons. The van der Waals surface area contributed by atoms with E-state index in [1.165, 1.54) is 5.69 Å². The van der Waals surface area contributed by atoms with Gasteiger partial charge in [0, 0.05) is 37.4 Å². The number of H-pyrrole nitrogens is 1. The zero-order valence-corrected chi connectivity index (χ0v) is 17.6. The number of aromatic amines is 1. The van der Waals surface area contributed by atoms with Crippen LogP contribution in [0.4, 0.5) is 17.2 Å². The van der Waals surface area contributed by atoms with E-state index in [2.05, 4.69) is 73.5 Å². The van der Waals surface area contributed by atoms with Crippen LogP contribution in [0.2, 0.25) is 0 Å². The van der Waals surface area contributed by atoms with Gasteiger partial charge in [-0.3, -0.25) is 5.10 Å².